The number of allylic oxidation sites excluding steroid dienone is 3. The first-order chi connectivity index (χ1) is 10.8. The Bertz CT molecular complexity index is 428. The van der Waals surface area contributed by atoms with Gasteiger partial charge in [0.05, 0.1) is 25.3 Å². The highest BCUT2D eigenvalue weighted by Crippen LogP contribution is 2.34. The van der Waals surface area contributed by atoms with Crippen LogP contribution in [0.15, 0.2) is 24.3 Å². The lowest BCUT2D eigenvalue weighted by Crippen LogP contribution is -2.49. The fraction of sp³-hybridized carbons (Fsp3) is 0.688. The van der Waals surface area contributed by atoms with E-state index in [9.17, 15) is 4.79 Å². The number of likely N-dealkylation sites (tertiary alicyclic amines) is 1. The maximum atomic E-state index is 12.6. The van der Waals surface area contributed by atoms with Crippen LogP contribution < -0.4 is 0 Å². The van der Waals surface area contributed by atoms with Crippen LogP contribution in [0.25, 0.3) is 0 Å². The largest absolute Gasteiger partial charge is 0.353 e. The van der Waals surface area contributed by atoms with Gasteiger partial charge in [-0.2, -0.15) is 0 Å². The number of rotatable bonds is 4. The zero-order chi connectivity index (χ0) is 15.4. The monoisotopic (exact) mass is 309 g/mol. The van der Waals surface area contributed by atoms with Crippen LogP contribution in [0.4, 0.5) is 0 Å². The van der Waals surface area contributed by atoms with Gasteiger partial charge in [0.25, 0.3) is 0 Å². The average molecular weight is 309 g/mol. The summed E-state index contributed by atoms with van der Waals surface area (Å²) in [5.41, 5.74) is 0. The number of ether oxygens (including phenoxy) is 4. The third kappa shape index (κ3) is 3.10. The van der Waals surface area contributed by atoms with Crippen molar-refractivity contribution in [3.8, 4) is 0 Å². The summed E-state index contributed by atoms with van der Waals surface area (Å²) in [6, 6.07) is -0.218. The standard InChI is InChI=1S/C16H23NO5/c1-2-3-4-5-6-7-14(18)17-12-8-19-10-21-15(12)16-13(17)9-20-11-22-16/h4-7,12-13,15-16H,2-3,8-11H2,1H3/b5-4+,7-6+/t12-,13-,15+,16+/m0/s1. The second-order valence-corrected chi connectivity index (χ2v) is 5.70. The molecule has 3 fully saturated rings. The van der Waals surface area contributed by atoms with Gasteiger partial charge in [0.2, 0.25) is 5.91 Å². The number of nitrogens with zero attached hydrogens (tertiary/aromatic N) is 1. The van der Waals surface area contributed by atoms with Crippen molar-refractivity contribution in [1.82, 2.24) is 4.90 Å². The van der Waals surface area contributed by atoms with Crippen LogP contribution in [-0.2, 0) is 23.7 Å². The van der Waals surface area contributed by atoms with E-state index in [0.717, 1.165) is 12.8 Å². The van der Waals surface area contributed by atoms with Gasteiger partial charge in [0, 0.05) is 6.08 Å². The van der Waals surface area contributed by atoms with Gasteiger partial charge in [0.1, 0.15) is 25.8 Å². The van der Waals surface area contributed by atoms with Crippen LogP contribution in [0.3, 0.4) is 0 Å². The Hall–Kier alpha value is -1.21. The number of hydrogen-bond acceptors (Lipinski definition) is 5. The van der Waals surface area contributed by atoms with Gasteiger partial charge in [-0.1, -0.05) is 31.6 Å². The second kappa shape index (κ2) is 7.37. The van der Waals surface area contributed by atoms with E-state index in [1.54, 1.807) is 17.1 Å². The zero-order valence-electron chi connectivity index (χ0n) is 12.8. The van der Waals surface area contributed by atoms with E-state index >= 15 is 0 Å². The van der Waals surface area contributed by atoms with Gasteiger partial charge in [0.15, 0.2) is 0 Å². The molecular weight excluding hydrogens is 286 g/mol. The highest BCUT2D eigenvalue weighted by atomic mass is 16.7. The van der Waals surface area contributed by atoms with Gasteiger partial charge < -0.3 is 23.8 Å². The normalized spacial score (nSPS) is 35.0. The van der Waals surface area contributed by atoms with Crippen LogP contribution in [0.1, 0.15) is 19.8 Å². The third-order valence-corrected chi connectivity index (χ3v) is 4.26. The fourth-order valence-corrected chi connectivity index (χ4v) is 3.25. The van der Waals surface area contributed by atoms with Gasteiger partial charge in [-0.3, -0.25) is 4.79 Å². The quantitative estimate of drug-likeness (QED) is 0.577. The molecule has 0 N–H and O–H groups in total. The lowest BCUT2D eigenvalue weighted by molar-refractivity contribution is -0.208. The summed E-state index contributed by atoms with van der Waals surface area (Å²) in [6.45, 7) is 3.59. The second-order valence-electron chi connectivity index (χ2n) is 5.70. The highest BCUT2D eigenvalue weighted by Gasteiger charge is 2.54. The predicted molar refractivity (Wildman–Crippen MR) is 79.0 cm³/mol. The van der Waals surface area contributed by atoms with Gasteiger partial charge in [-0.15, -0.1) is 0 Å². The molecule has 3 saturated heterocycles. The molecular formula is C16H23NO5. The molecule has 22 heavy (non-hydrogen) atoms. The van der Waals surface area contributed by atoms with E-state index < -0.39 is 0 Å². The molecule has 0 aromatic heterocycles. The SMILES string of the molecule is CCC/C=C/C=C/C(=O)N1[C@H]2COCO[C@H]2[C@@H]2OCOC[C@@H]21. The number of carbonyl (C=O) groups excluding carboxylic acids is 1. The Balaban J connectivity index is 1.71. The van der Waals surface area contributed by atoms with Crippen LogP contribution in [0, 0.1) is 0 Å². The molecule has 0 unspecified atom stereocenters. The highest BCUT2D eigenvalue weighted by molar-refractivity contribution is 5.89. The topological polar surface area (TPSA) is 57.2 Å². The molecule has 0 saturated carbocycles. The minimum Gasteiger partial charge on any atom is -0.353 e. The average Bonchev–Trinajstić information content (AvgIpc) is 2.89. The lowest BCUT2D eigenvalue weighted by atomic mass is 10.1. The molecule has 0 radical (unpaired) electrons. The smallest absolute Gasteiger partial charge is 0.247 e. The van der Waals surface area contributed by atoms with E-state index in [0.29, 0.717) is 13.2 Å². The van der Waals surface area contributed by atoms with E-state index in [-0.39, 0.29) is 43.8 Å². The van der Waals surface area contributed by atoms with E-state index in [4.69, 9.17) is 18.9 Å². The van der Waals surface area contributed by atoms with Crippen molar-refractivity contribution in [2.24, 2.45) is 0 Å². The van der Waals surface area contributed by atoms with Crippen molar-refractivity contribution in [3.63, 3.8) is 0 Å². The van der Waals surface area contributed by atoms with E-state index in [2.05, 4.69) is 13.0 Å². The van der Waals surface area contributed by atoms with E-state index in [1.165, 1.54) is 0 Å². The molecule has 0 bridgehead atoms. The summed E-state index contributed by atoms with van der Waals surface area (Å²) >= 11 is 0. The van der Waals surface area contributed by atoms with Crippen molar-refractivity contribution in [3.05, 3.63) is 24.3 Å². The third-order valence-electron chi connectivity index (χ3n) is 4.26. The van der Waals surface area contributed by atoms with Gasteiger partial charge in [-0.25, -0.2) is 0 Å². The van der Waals surface area contributed by atoms with Gasteiger partial charge in [-0.05, 0) is 6.42 Å². The van der Waals surface area contributed by atoms with Crippen LogP contribution >= 0.6 is 0 Å². The molecule has 3 aliphatic heterocycles. The summed E-state index contributed by atoms with van der Waals surface area (Å²) in [4.78, 5) is 14.4. The Morgan fingerprint density at radius 3 is 2.32 bits per heavy atom. The number of fused-ring (bicyclic) bond motifs is 3. The molecule has 6 nitrogen and oxygen atoms in total. The summed E-state index contributed by atoms with van der Waals surface area (Å²) in [5.74, 6) is -0.0492. The molecule has 3 rings (SSSR count). The fourth-order valence-electron chi connectivity index (χ4n) is 3.25. The molecule has 1 amide bonds. The first kappa shape index (κ1) is 15.7. The molecule has 6 heteroatoms. The Morgan fingerprint density at radius 2 is 1.73 bits per heavy atom. The minimum absolute atomic E-state index is 0.0492. The zero-order valence-corrected chi connectivity index (χ0v) is 12.8. The Labute approximate surface area is 130 Å². The number of carbonyl (C=O) groups is 1. The maximum absolute atomic E-state index is 12.6. The van der Waals surface area contributed by atoms with Crippen LogP contribution in [-0.4, -0.2) is 61.9 Å². The Morgan fingerprint density at radius 1 is 1.09 bits per heavy atom. The summed E-state index contributed by atoms with van der Waals surface area (Å²) < 4.78 is 22.1. The molecule has 3 heterocycles. The number of hydrogen-bond donors (Lipinski definition) is 0. The molecule has 4 atom stereocenters. The van der Waals surface area contributed by atoms with Crippen molar-refractivity contribution in [2.45, 2.75) is 44.1 Å². The molecule has 3 aliphatic rings. The molecule has 122 valence electrons. The van der Waals surface area contributed by atoms with Crippen molar-refractivity contribution in [2.75, 3.05) is 26.8 Å². The molecule has 0 aromatic carbocycles. The Kier molecular flexibility index (Phi) is 5.25. The van der Waals surface area contributed by atoms with Crippen LogP contribution in [0.5, 0.6) is 0 Å². The van der Waals surface area contributed by atoms with E-state index in [1.807, 2.05) is 6.08 Å². The molecule has 0 spiro atoms. The predicted octanol–water partition coefficient (Wildman–Crippen LogP) is 1.22. The minimum atomic E-state index is -0.129. The molecule has 0 aliphatic carbocycles. The first-order valence-corrected chi connectivity index (χ1v) is 7.87. The summed E-state index contributed by atoms with van der Waals surface area (Å²) in [6.07, 6.45) is 9.20. The molecule has 0 aromatic rings. The number of unbranched alkanes of at least 4 members (excludes halogenated alkanes) is 1. The van der Waals surface area contributed by atoms with Crippen molar-refractivity contribution >= 4 is 5.91 Å². The lowest BCUT2D eigenvalue weighted by Gasteiger charge is -2.32. The van der Waals surface area contributed by atoms with Crippen molar-refractivity contribution < 1.29 is 23.7 Å². The first-order valence-electron chi connectivity index (χ1n) is 7.87. The van der Waals surface area contributed by atoms with Crippen molar-refractivity contribution in [1.29, 1.82) is 0 Å². The summed E-state index contributed by atoms with van der Waals surface area (Å²) in [5, 5.41) is 0. The number of amides is 1. The van der Waals surface area contributed by atoms with Gasteiger partial charge >= 0.3 is 0 Å². The summed E-state index contributed by atoms with van der Waals surface area (Å²) in [7, 11) is 0. The maximum Gasteiger partial charge on any atom is 0.247 e. The van der Waals surface area contributed by atoms with Crippen LogP contribution in [0.2, 0.25) is 0 Å².